The predicted molar refractivity (Wildman–Crippen MR) is 75.2 cm³/mol. The third-order valence-electron chi connectivity index (χ3n) is 2.97. The third-order valence-corrected chi connectivity index (χ3v) is 5.48. The molecule has 0 radical (unpaired) electrons. The van der Waals surface area contributed by atoms with E-state index in [1.807, 2.05) is 0 Å². The molecule has 1 saturated heterocycles. The van der Waals surface area contributed by atoms with E-state index in [0.29, 0.717) is 13.0 Å². The van der Waals surface area contributed by atoms with Crippen LogP contribution in [0.15, 0.2) is 17.2 Å². The molecule has 0 aromatic carbocycles. The van der Waals surface area contributed by atoms with Crippen LogP contribution in [0.2, 0.25) is 10.2 Å². The minimum absolute atomic E-state index is 0.00428. The van der Waals surface area contributed by atoms with E-state index in [2.05, 4.69) is 10.3 Å². The molecule has 0 spiro atoms. The lowest BCUT2D eigenvalue weighted by Gasteiger charge is -2.16. The largest absolute Gasteiger partial charge is 0.352 e. The number of carbonyl (C=O) groups excluding carboxylic acids is 1. The molecular formula is C11H13Cl2N3O3S. The van der Waals surface area contributed by atoms with Crippen LogP contribution >= 0.6 is 23.2 Å². The molecule has 0 bridgehead atoms. The van der Waals surface area contributed by atoms with Crippen LogP contribution in [0.4, 0.5) is 0 Å². The Morgan fingerprint density at radius 2 is 2.20 bits per heavy atom. The molecule has 1 unspecified atom stereocenters. The van der Waals surface area contributed by atoms with Gasteiger partial charge in [-0.05, 0) is 12.5 Å². The van der Waals surface area contributed by atoms with Gasteiger partial charge < -0.3 is 5.32 Å². The standard InChI is InChI=1S/C11H13Cl2N3O3S/c1-7(17)15-8-2-3-16(6-8)20(18,19)9-4-10(12)11(13)14-5-9/h4-5,8H,2-3,6H2,1H3,(H,15,17). The van der Waals surface area contributed by atoms with Gasteiger partial charge in [0.05, 0.1) is 5.02 Å². The summed E-state index contributed by atoms with van der Waals surface area (Å²) in [7, 11) is -3.67. The average Bonchev–Trinajstić information content (AvgIpc) is 2.80. The average molecular weight is 338 g/mol. The molecular weight excluding hydrogens is 325 g/mol. The number of hydrogen-bond acceptors (Lipinski definition) is 4. The summed E-state index contributed by atoms with van der Waals surface area (Å²) in [5.41, 5.74) is 0. The SMILES string of the molecule is CC(=O)NC1CCN(S(=O)(=O)c2cnc(Cl)c(Cl)c2)C1. The minimum Gasteiger partial charge on any atom is -0.352 e. The van der Waals surface area contributed by atoms with E-state index in [9.17, 15) is 13.2 Å². The first-order chi connectivity index (χ1) is 9.30. The van der Waals surface area contributed by atoms with Crippen molar-refractivity contribution in [1.82, 2.24) is 14.6 Å². The molecule has 6 nitrogen and oxygen atoms in total. The number of sulfonamides is 1. The van der Waals surface area contributed by atoms with Crippen molar-refractivity contribution >= 4 is 39.1 Å². The number of amides is 1. The maximum absolute atomic E-state index is 12.4. The van der Waals surface area contributed by atoms with Crippen molar-refractivity contribution in [2.45, 2.75) is 24.3 Å². The zero-order valence-corrected chi connectivity index (χ0v) is 13.0. The first-order valence-corrected chi connectivity index (χ1v) is 8.08. The summed E-state index contributed by atoms with van der Waals surface area (Å²) in [6.07, 6.45) is 1.75. The Bertz CT molecular complexity index is 636. The lowest BCUT2D eigenvalue weighted by Crippen LogP contribution is -2.37. The summed E-state index contributed by atoms with van der Waals surface area (Å²) in [6, 6.07) is 1.11. The molecule has 1 amide bonds. The molecule has 1 fully saturated rings. The normalized spacial score (nSPS) is 20.1. The van der Waals surface area contributed by atoms with Gasteiger partial charge in [0.1, 0.15) is 10.0 Å². The monoisotopic (exact) mass is 337 g/mol. The molecule has 1 N–H and O–H groups in total. The maximum Gasteiger partial charge on any atom is 0.244 e. The molecule has 1 aromatic rings. The molecule has 9 heteroatoms. The third kappa shape index (κ3) is 3.22. The van der Waals surface area contributed by atoms with Gasteiger partial charge in [0.15, 0.2) is 0 Å². The molecule has 0 saturated carbocycles. The number of nitrogens with one attached hydrogen (secondary N) is 1. The minimum atomic E-state index is -3.67. The summed E-state index contributed by atoms with van der Waals surface area (Å²) >= 11 is 11.5. The van der Waals surface area contributed by atoms with Crippen LogP contribution in [0, 0.1) is 0 Å². The van der Waals surface area contributed by atoms with Crippen molar-refractivity contribution in [3.63, 3.8) is 0 Å². The Balaban J connectivity index is 2.19. The quantitative estimate of drug-likeness (QED) is 0.843. The summed E-state index contributed by atoms with van der Waals surface area (Å²) < 4.78 is 26.1. The molecule has 1 aliphatic heterocycles. The molecule has 1 atom stereocenters. The second-order valence-electron chi connectivity index (χ2n) is 4.49. The fraction of sp³-hybridized carbons (Fsp3) is 0.455. The first kappa shape index (κ1) is 15.5. The highest BCUT2D eigenvalue weighted by molar-refractivity contribution is 7.89. The van der Waals surface area contributed by atoms with Gasteiger partial charge in [-0.1, -0.05) is 23.2 Å². The van der Waals surface area contributed by atoms with Crippen LogP contribution in [-0.2, 0) is 14.8 Å². The van der Waals surface area contributed by atoms with E-state index in [-0.39, 0.29) is 33.6 Å². The van der Waals surface area contributed by atoms with Gasteiger partial charge in [0.25, 0.3) is 0 Å². The lowest BCUT2D eigenvalue weighted by molar-refractivity contribution is -0.119. The smallest absolute Gasteiger partial charge is 0.244 e. The highest BCUT2D eigenvalue weighted by atomic mass is 35.5. The second kappa shape index (κ2) is 5.85. The zero-order valence-electron chi connectivity index (χ0n) is 10.6. The van der Waals surface area contributed by atoms with E-state index in [4.69, 9.17) is 23.2 Å². The van der Waals surface area contributed by atoms with Crippen LogP contribution in [0.3, 0.4) is 0 Å². The number of aromatic nitrogens is 1. The van der Waals surface area contributed by atoms with Gasteiger partial charge in [-0.3, -0.25) is 4.79 Å². The van der Waals surface area contributed by atoms with E-state index in [0.717, 1.165) is 0 Å². The highest BCUT2D eigenvalue weighted by Crippen LogP contribution is 2.26. The number of nitrogens with zero attached hydrogens (tertiary/aromatic N) is 2. The Kier molecular flexibility index (Phi) is 4.53. The molecule has 1 aliphatic rings. The summed E-state index contributed by atoms with van der Waals surface area (Å²) in [4.78, 5) is 14.7. The van der Waals surface area contributed by atoms with Crippen LogP contribution in [0.5, 0.6) is 0 Å². The summed E-state index contributed by atoms with van der Waals surface area (Å²) in [5, 5.41) is 2.85. The van der Waals surface area contributed by atoms with Gasteiger partial charge in [-0.15, -0.1) is 0 Å². The van der Waals surface area contributed by atoms with E-state index >= 15 is 0 Å². The molecule has 110 valence electrons. The Labute approximate surface area is 127 Å². The first-order valence-electron chi connectivity index (χ1n) is 5.89. The summed E-state index contributed by atoms with van der Waals surface area (Å²) in [5.74, 6) is -0.176. The topological polar surface area (TPSA) is 79.4 Å². The molecule has 1 aromatic heterocycles. The number of rotatable bonds is 3. The van der Waals surface area contributed by atoms with Crippen LogP contribution in [-0.4, -0.2) is 42.7 Å². The van der Waals surface area contributed by atoms with Gasteiger partial charge in [0, 0.05) is 32.3 Å². The lowest BCUT2D eigenvalue weighted by atomic mass is 10.3. The maximum atomic E-state index is 12.4. The summed E-state index contributed by atoms with van der Waals surface area (Å²) in [6.45, 7) is 1.98. The Morgan fingerprint density at radius 1 is 1.50 bits per heavy atom. The van der Waals surface area contributed by atoms with Crippen molar-refractivity contribution in [2.24, 2.45) is 0 Å². The fourth-order valence-electron chi connectivity index (χ4n) is 2.05. The van der Waals surface area contributed by atoms with Crippen LogP contribution < -0.4 is 5.32 Å². The number of hydrogen-bond donors (Lipinski definition) is 1. The zero-order chi connectivity index (χ0) is 14.9. The van der Waals surface area contributed by atoms with Crippen molar-refractivity contribution in [3.05, 3.63) is 22.4 Å². The Hall–Kier alpha value is -0.890. The second-order valence-corrected chi connectivity index (χ2v) is 7.20. The number of carbonyl (C=O) groups is 1. The fourth-order valence-corrected chi connectivity index (χ4v) is 3.85. The van der Waals surface area contributed by atoms with Crippen molar-refractivity contribution in [1.29, 1.82) is 0 Å². The van der Waals surface area contributed by atoms with Crippen LogP contribution in [0.1, 0.15) is 13.3 Å². The molecule has 2 rings (SSSR count). The van der Waals surface area contributed by atoms with Gasteiger partial charge in [0.2, 0.25) is 15.9 Å². The van der Waals surface area contributed by atoms with Gasteiger partial charge in [-0.2, -0.15) is 4.31 Å². The van der Waals surface area contributed by atoms with Crippen molar-refractivity contribution in [2.75, 3.05) is 13.1 Å². The van der Waals surface area contributed by atoms with E-state index in [1.165, 1.54) is 23.5 Å². The Morgan fingerprint density at radius 3 is 2.80 bits per heavy atom. The number of halogens is 2. The highest BCUT2D eigenvalue weighted by Gasteiger charge is 2.33. The van der Waals surface area contributed by atoms with E-state index < -0.39 is 10.0 Å². The molecule has 2 heterocycles. The van der Waals surface area contributed by atoms with Gasteiger partial charge >= 0.3 is 0 Å². The number of pyridine rings is 1. The van der Waals surface area contributed by atoms with Crippen LogP contribution in [0.25, 0.3) is 0 Å². The van der Waals surface area contributed by atoms with Crippen molar-refractivity contribution in [3.8, 4) is 0 Å². The van der Waals surface area contributed by atoms with Crippen molar-refractivity contribution < 1.29 is 13.2 Å². The molecule has 20 heavy (non-hydrogen) atoms. The van der Waals surface area contributed by atoms with E-state index in [1.54, 1.807) is 0 Å². The van der Waals surface area contributed by atoms with Gasteiger partial charge in [-0.25, -0.2) is 13.4 Å². The molecule has 0 aliphatic carbocycles. The predicted octanol–water partition coefficient (Wildman–Crippen LogP) is 1.29.